The standard InChI is InChI=1S/C22H30N8O4/c1-21(2-3-21)34-20(32)30-5-4-22(13-30,14-31)28-17-10-16(15-11-24-18(23)25-12-15)26-19(27-17)29-6-8-33-9-7-29/h10-12,31H,2-9,13-14H2,1H3,(H2,23,24,25)(H,26,27,28)/t22-/m0/s1. The van der Waals surface area contributed by atoms with E-state index in [4.69, 9.17) is 25.2 Å². The molecule has 2 saturated heterocycles. The molecular formula is C22H30N8O4. The predicted octanol–water partition coefficient (Wildman–Crippen LogP) is 0.890. The van der Waals surface area contributed by atoms with Gasteiger partial charge in [0, 0.05) is 50.2 Å². The van der Waals surface area contributed by atoms with Gasteiger partial charge in [-0.25, -0.2) is 19.7 Å². The van der Waals surface area contributed by atoms with Crippen molar-refractivity contribution in [1.29, 1.82) is 0 Å². The monoisotopic (exact) mass is 470 g/mol. The van der Waals surface area contributed by atoms with Crippen molar-refractivity contribution in [2.45, 2.75) is 37.3 Å². The summed E-state index contributed by atoms with van der Waals surface area (Å²) in [5.74, 6) is 1.27. The third-order valence-electron chi connectivity index (χ3n) is 6.57. The van der Waals surface area contributed by atoms with Crippen LogP contribution in [0.15, 0.2) is 18.5 Å². The molecule has 34 heavy (non-hydrogen) atoms. The number of morpholine rings is 1. The van der Waals surface area contributed by atoms with Gasteiger partial charge in [-0.05, 0) is 26.2 Å². The summed E-state index contributed by atoms with van der Waals surface area (Å²) < 4.78 is 11.1. The maximum Gasteiger partial charge on any atom is 0.410 e. The van der Waals surface area contributed by atoms with Crippen molar-refractivity contribution in [3.8, 4) is 11.3 Å². The molecule has 5 rings (SSSR count). The highest BCUT2D eigenvalue weighted by Crippen LogP contribution is 2.40. The number of nitrogens with two attached hydrogens (primary N) is 1. The maximum absolute atomic E-state index is 12.6. The zero-order valence-corrected chi connectivity index (χ0v) is 19.2. The van der Waals surface area contributed by atoms with Crippen LogP contribution in [0.2, 0.25) is 0 Å². The average molecular weight is 471 g/mol. The number of nitrogen functional groups attached to an aromatic ring is 1. The van der Waals surface area contributed by atoms with Crippen molar-refractivity contribution < 1.29 is 19.4 Å². The molecule has 182 valence electrons. The van der Waals surface area contributed by atoms with E-state index in [1.807, 2.05) is 6.92 Å². The number of rotatable bonds is 6. The summed E-state index contributed by atoms with van der Waals surface area (Å²) in [7, 11) is 0. The van der Waals surface area contributed by atoms with Crippen molar-refractivity contribution in [3.05, 3.63) is 18.5 Å². The zero-order valence-electron chi connectivity index (χ0n) is 19.2. The lowest BCUT2D eigenvalue weighted by Crippen LogP contribution is -2.46. The number of aromatic nitrogens is 4. The van der Waals surface area contributed by atoms with Crippen molar-refractivity contribution >= 4 is 23.8 Å². The molecule has 1 aliphatic carbocycles. The highest BCUT2D eigenvalue weighted by atomic mass is 16.6. The van der Waals surface area contributed by atoms with Crippen LogP contribution in [0.1, 0.15) is 26.2 Å². The van der Waals surface area contributed by atoms with E-state index in [1.165, 1.54) is 0 Å². The van der Waals surface area contributed by atoms with E-state index in [2.05, 4.69) is 20.2 Å². The summed E-state index contributed by atoms with van der Waals surface area (Å²) >= 11 is 0. The summed E-state index contributed by atoms with van der Waals surface area (Å²) in [6, 6.07) is 1.79. The topological polar surface area (TPSA) is 152 Å². The SMILES string of the molecule is CC1(OC(=O)N2CC[C@](CO)(Nc3cc(-c4cnc(N)nc4)nc(N4CCOCC4)n3)C2)CC1. The molecule has 12 nitrogen and oxygen atoms in total. The van der Waals surface area contributed by atoms with Gasteiger partial charge in [0.2, 0.25) is 11.9 Å². The first-order chi connectivity index (χ1) is 16.4. The summed E-state index contributed by atoms with van der Waals surface area (Å²) in [4.78, 5) is 33.9. The molecular weight excluding hydrogens is 440 g/mol. The second-order valence-electron chi connectivity index (χ2n) is 9.42. The van der Waals surface area contributed by atoms with Gasteiger partial charge in [0.25, 0.3) is 0 Å². The van der Waals surface area contributed by atoms with E-state index < -0.39 is 5.54 Å². The first-order valence-corrected chi connectivity index (χ1v) is 11.5. The zero-order chi connectivity index (χ0) is 23.8. The molecule has 3 fully saturated rings. The number of ether oxygens (including phenoxy) is 2. The summed E-state index contributed by atoms with van der Waals surface area (Å²) in [6.07, 6.45) is 5.23. The van der Waals surface area contributed by atoms with E-state index in [9.17, 15) is 9.90 Å². The summed E-state index contributed by atoms with van der Waals surface area (Å²) in [5, 5.41) is 13.7. The molecule has 3 aliphatic rings. The minimum atomic E-state index is -0.741. The molecule has 0 radical (unpaired) electrons. The molecule has 4 N–H and O–H groups in total. The molecule has 0 spiro atoms. The normalized spacial score (nSPS) is 23.6. The molecule has 1 atom stereocenters. The number of anilines is 3. The average Bonchev–Trinajstić information content (AvgIpc) is 3.42. The molecule has 12 heteroatoms. The van der Waals surface area contributed by atoms with Crippen LogP contribution in [0.5, 0.6) is 0 Å². The van der Waals surface area contributed by atoms with Gasteiger partial charge in [-0.2, -0.15) is 4.98 Å². The number of hydrogen-bond donors (Lipinski definition) is 3. The van der Waals surface area contributed by atoms with Gasteiger partial charge in [0.1, 0.15) is 11.4 Å². The van der Waals surface area contributed by atoms with Gasteiger partial charge in [0.15, 0.2) is 0 Å². The number of aliphatic hydroxyl groups is 1. The number of nitrogens with zero attached hydrogens (tertiary/aromatic N) is 6. The molecule has 1 amide bonds. The minimum absolute atomic E-state index is 0.161. The van der Waals surface area contributed by atoms with Gasteiger partial charge >= 0.3 is 6.09 Å². The number of carbonyl (C=O) groups excluding carboxylic acids is 1. The number of likely N-dealkylation sites (tertiary alicyclic amines) is 1. The quantitative estimate of drug-likeness (QED) is 0.552. The first-order valence-electron chi connectivity index (χ1n) is 11.5. The first kappa shape index (κ1) is 22.5. The number of hydrogen-bond acceptors (Lipinski definition) is 11. The maximum atomic E-state index is 12.6. The number of amides is 1. The molecule has 0 unspecified atom stereocenters. The van der Waals surface area contributed by atoms with Crippen LogP contribution in [0, 0.1) is 0 Å². The Balaban J connectivity index is 1.40. The van der Waals surface area contributed by atoms with E-state index in [-0.39, 0.29) is 24.2 Å². The second-order valence-corrected chi connectivity index (χ2v) is 9.42. The van der Waals surface area contributed by atoms with Gasteiger partial charge in [-0.1, -0.05) is 0 Å². The number of nitrogens with one attached hydrogen (secondary N) is 1. The van der Waals surface area contributed by atoms with Crippen molar-refractivity contribution in [3.63, 3.8) is 0 Å². The Labute approximate surface area is 197 Å². The Kier molecular flexibility index (Phi) is 5.86. The van der Waals surface area contributed by atoms with Crippen LogP contribution >= 0.6 is 0 Å². The molecule has 0 bridgehead atoms. The Hall–Kier alpha value is -3.25. The van der Waals surface area contributed by atoms with Crippen molar-refractivity contribution in [1.82, 2.24) is 24.8 Å². The fraction of sp³-hybridized carbons (Fsp3) is 0.591. The van der Waals surface area contributed by atoms with E-state index in [1.54, 1.807) is 23.4 Å². The van der Waals surface area contributed by atoms with Crippen LogP contribution in [0.4, 0.5) is 22.5 Å². The Morgan fingerprint density at radius 2 is 1.94 bits per heavy atom. The molecule has 0 aromatic carbocycles. The van der Waals surface area contributed by atoms with Crippen molar-refractivity contribution in [2.24, 2.45) is 0 Å². The smallest absolute Gasteiger partial charge is 0.410 e. The Morgan fingerprint density at radius 1 is 1.21 bits per heavy atom. The third kappa shape index (κ3) is 4.82. The van der Waals surface area contributed by atoms with E-state index in [0.29, 0.717) is 68.8 Å². The van der Waals surface area contributed by atoms with Crippen LogP contribution in [-0.4, -0.2) is 93.2 Å². The molecule has 2 aliphatic heterocycles. The van der Waals surface area contributed by atoms with Crippen LogP contribution in [-0.2, 0) is 9.47 Å². The van der Waals surface area contributed by atoms with E-state index >= 15 is 0 Å². The van der Waals surface area contributed by atoms with Gasteiger partial charge < -0.3 is 35.4 Å². The third-order valence-corrected chi connectivity index (χ3v) is 6.57. The van der Waals surface area contributed by atoms with Gasteiger partial charge in [0.05, 0.1) is 31.1 Å². The largest absolute Gasteiger partial charge is 0.443 e. The van der Waals surface area contributed by atoms with Crippen LogP contribution < -0.4 is 16.0 Å². The van der Waals surface area contributed by atoms with Gasteiger partial charge in [-0.15, -0.1) is 0 Å². The predicted molar refractivity (Wildman–Crippen MR) is 124 cm³/mol. The van der Waals surface area contributed by atoms with E-state index in [0.717, 1.165) is 12.8 Å². The fourth-order valence-corrected chi connectivity index (χ4v) is 4.15. The highest BCUT2D eigenvalue weighted by molar-refractivity contribution is 5.70. The summed E-state index contributed by atoms with van der Waals surface area (Å²) in [6.45, 7) is 5.11. The molecule has 1 saturated carbocycles. The Morgan fingerprint density at radius 3 is 2.62 bits per heavy atom. The molecule has 2 aromatic heterocycles. The molecule has 2 aromatic rings. The second kappa shape index (κ2) is 8.84. The van der Waals surface area contributed by atoms with Gasteiger partial charge in [-0.3, -0.25) is 0 Å². The summed E-state index contributed by atoms with van der Waals surface area (Å²) in [5.41, 5.74) is 5.89. The lowest BCUT2D eigenvalue weighted by Gasteiger charge is -2.31. The number of aliphatic hydroxyl groups excluding tert-OH is 1. The highest BCUT2D eigenvalue weighted by Gasteiger charge is 2.46. The fourth-order valence-electron chi connectivity index (χ4n) is 4.15. The van der Waals surface area contributed by atoms with Crippen LogP contribution in [0.25, 0.3) is 11.3 Å². The lowest BCUT2D eigenvalue weighted by atomic mass is 10.00. The minimum Gasteiger partial charge on any atom is -0.443 e. The lowest BCUT2D eigenvalue weighted by molar-refractivity contribution is 0.0624. The van der Waals surface area contributed by atoms with Crippen LogP contribution in [0.3, 0.4) is 0 Å². The Bertz CT molecular complexity index is 1040. The number of carbonyl (C=O) groups is 1. The van der Waals surface area contributed by atoms with Crippen molar-refractivity contribution in [2.75, 3.05) is 62.0 Å². The molecule has 4 heterocycles.